The van der Waals surface area contributed by atoms with Crippen LogP contribution in [0.1, 0.15) is 31.3 Å². The first kappa shape index (κ1) is 15.6. The Morgan fingerprint density at radius 3 is 2.58 bits per heavy atom. The summed E-state index contributed by atoms with van der Waals surface area (Å²) < 4.78 is 5.79. The van der Waals surface area contributed by atoms with Crippen LogP contribution in [0, 0.1) is 0 Å². The summed E-state index contributed by atoms with van der Waals surface area (Å²) in [6.45, 7) is 5.20. The number of carbonyl (C=O) groups excluding carboxylic acids is 2. The number of hydrazine groups is 1. The maximum absolute atomic E-state index is 11.7. The van der Waals surface area contributed by atoms with E-state index in [1.165, 1.54) is 6.20 Å². The van der Waals surface area contributed by atoms with E-state index >= 15 is 0 Å². The Morgan fingerprint density at radius 1 is 1.37 bits per heavy atom. The van der Waals surface area contributed by atoms with E-state index in [9.17, 15) is 9.59 Å². The lowest BCUT2D eigenvalue weighted by molar-refractivity contribution is 0.0499. The fourth-order valence-electron chi connectivity index (χ4n) is 1.13. The first-order chi connectivity index (χ1) is 8.78. The molecule has 0 radical (unpaired) electrons. The molecule has 0 aromatic carbocycles. The quantitative estimate of drug-likeness (QED) is 0.652. The van der Waals surface area contributed by atoms with E-state index in [2.05, 4.69) is 31.8 Å². The minimum atomic E-state index is -0.635. The Kier molecular flexibility index (Phi) is 5.44. The van der Waals surface area contributed by atoms with Crippen molar-refractivity contribution in [1.82, 2.24) is 15.8 Å². The van der Waals surface area contributed by atoms with Crippen molar-refractivity contribution in [3.05, 3.63) is 28.5 Å². The monoisotopic (exact) mass is 329 g/mol. The molecule has 0 aliphatic heterocycles. The van der Waals surface area contributed by atoms with Crippen LogP contribution in [0.5, 0.6) is 0 Å². The number of nitrogens with one attached hydrogen (secondary N) is 2. The van der Waals surface area contributed by atoms with E-state index in [0.29, 0.717) is 5.69 Å². The van der Waals surface area contributed by atoms with E-state index < -0.39 is 11.7 Å². The molecule has 0 saturated carbocycles. The third-order valence-electron chi connectivity index (χ3n) is 1.85. The summed E-state index contributed by atoms with van der Waals surface area (Å²) in [5.74, 6) is -0.233. The fraction of sp³-hybridized carbons (Fsp3) is 0.417. The average Bonchev–Trinajstić information content (AvgIpc) is 2.27. The number of Topliss-reactive ketones (excluding diaryl/α,β-unsaturated/α-hetero) is 1. The fourth-order valence-corrected chi connectivity index (χ4v) is 1.37. The van der Waals surface area contributed by atoms with Crippen LogP contribution in [0.4, 0.5) is 4.79 Å². The summed E-state index contributed by atoms with van der Waals surface area (Å²) in [6, 6.07) is 3.32. The van der Waals surface area contributed by atoms with Crippen LogP contribution in [0.2, 0.25) is 0 Å². The van der Waals surface area contributed by atoms with Crippen molar-refractivity contribution in [3.63, 3.8) is 0 Å². The highest BCUT2D eigenvalue weighted by molar-refractivity contribution is 9.10. The Labute approximate surface area is 120 Å². The molecule has 0 saturated heterocycles. The first-order valence-electron chi connectivity index (χ1n) is 5.64. The molecule has 0 bridgehead atoms. The van der Waals surface area contributed by atoms with Crippen molar-refractivity contribution >= 4 is 27.8 Å². The molecule has 1 rings (SSSR count). The van der Waals surface area contributed by atoms with Crippen LogP contribution >= 0.6 is 15.9 Å². The lowest BCUT2D eigenvalue weighted by Crippen LogP contribution is -2.43. The number of ether oxygens (including phenoxy) is 1. The Bertz CT molecular complexity index is 454. The number of amides is 1. The second-order valence-electron chi connectivity index (χ2n) is 4.77. The molecule has 0 atom stereocenters. The minimum Gasteiger partial charge on any atom is -0.443 e. The molecule has 1 aromatic rings. The van der Waals surface area contributed by atoms with E-state index in [1.807, 2.05) is 0 Å². The van der Waals surface area contributed by atoms with E-state index in [1.54, 1.807) is 32.9 Å². The molecule has 0 spiro atoms. The largest absolute Gasteiger partial charge is 0.443 e. The summed E-state index contributed by atoms with van der Waals surface area (Å²) in [7, 11) is 0. The number of hydrogen-bond acceptors (Lipinski definition) is 5. The molecule has 2 N–H and O–H groups in total. The molecule has 0 unspecified atom stereocenters. The van der Waals surface area contributed by atoms with Crippen molar-refractivity contribution in [2.24, 2.45) is 0 Å². The van der Waals surface area contributed by atoms with Gasteiger partial charge in [-0.25, -0.2) is 10.2 Å². The Balaban J connectivity index is 2.35. The second-order valence-corrected chi connectivity index (χ2v) is 5.68. The molecule has 1 aromatic heterocycles. The summed E-state index contributed by atoms with van der Waals surface area (Å²) in [5, 5.41) is 0. The van der Waals surface area contributed by atoms with Crippen LogP contribution < -0.4 is 10.9 Å². The SMILES string of the molecule is CC(C)(C)OC(=O)NNCC(=O)c1ccc(Br)cn1. The van der Waals surface area contributed by atoms with E-state index in [0.717, 1.165) is 4.47 Å². The van der Waals surface area contributed by atoms with Gasteiger partial charge in [0.15, 0.2) is 5.78 Å². The van der Waals surface area contributed by atoms with Crippen LogP contribution in [0.15, 0.2) is 22.8 Å². The predicted octanol–water partition coefficient (Wildman–Crippen LogP) is 2.06. The summed E-state index contributed by atoms with van der Waals surface area (Å²) in [6.07, 6.45) is 0.901. The highest BCUT2D eigenvalue weighted by Gasteiger charge is 2.16. The topological polar surface area (TPSA) is 80.3 Å². The molecule has 7 heteroatoms. The maximum atomic E-state index is 11.7. The maximum Gasteiger partial charge on any atom is 0.422 e. The number of halogens is 1. The Morgan fingerprint density at radius 2 is 2.05 bits per heavy atom. The molecular weight excluding hydrogens is 314 g/mol. The zero-order valence-electron chi connectivity index (χ0n) is 11.0. The lowest BCUT2D eigenvalue weighted by atomic mass is 10.2. The van der Waals surface area contributed by atoms with Crippen molar-refractivity contribution in [2.45, 2.75) is 26.4 Å². The Hall–Kier alpha value is -1.47. The molecule has 19 heavy (non-hydrogen) atoms. The van der Waals surface area contributed by atoms with Crippen molar-refractivity contribution in [3.8, 4) is 0 Å². The van der Waals surface area contributed by atoms with Crippen LogP contribution in [-0.4, -0.2) is 29.0 Å². The predicted molar refractivity (Wildman–Crippen MR) is 73.6 cm³/mol. The summed E-state index contributed by atoms with van der Waals surface area (Å²) in [5.41, 5.74) is 4.52. The zero-order valence-corrected chi connectivity index (χ0v) is 12.6. The van der Waals surface area contributed by atoms with Gasteiger partial charge in [-0.15, -0.1) is 0 Å². The number of aromatic nitrogens is 1. The van der Waals surface area contributed by atoms with Gasteiger partial charge in [-0.1, -0.05) is 0 Å². The van der Waals surface area contributed by atoms with Gasteiger partial charge >= 0.3 is 6.09 Å². The molecule has 104 valence electrons. The normalized spacial score (nSPS) is 10.9. The minimum absolute atomic E-state index is 0.0616. The van der Waals surface area contributed by atoms with Gasteiger partial charge in [0, 0.05) is 10.7 Å². The number of rotatable bonds is 4. The van der Waals surface area contributed by atoms with Crippen LogP contribution in [0.3, 0.4) is 0 Å². The van der Waals surface area contributed by atoms with E-state index in [4.69, 9.17) is 4.74 Å². The summed E-state index contributed by atoms with van der Waals surface area (Å²) >= 11 is 3.23. The lowest BCUT2D eigenvalue weighted by Gasteiger charge is -2.19. The van der Waals surface area contributed by atoms with Gasteiger partial charge in [-0.05, 0) is 48.8 Å². The first-order valence-corrected chi connectivity index (χ1v) is 6.44. The van der Waals surface area contributed by atoms with Gasteiger partial charge < -0.3 is 4.74 Å². The molecule has 6 nitrogen and oxygen atoms in total. The van der Waals surface area contributed by atoms with Crippen molar-refractivity contribution < 1.29 is 14.3 Å². The highest BCUT2D eigenvalue weighted by atomic mass is 79.9. The number of pyridine rings is 1. The zero-order chi connectivity index (χ0) is 14.5. The smallest absolute Gasteiger partial charge is 0.422 e. The summed E-state index contributed by atoms with van der Waals surface area (Å²) in [4.78, 5) is 26.9. The third-order valence-corrected chi connectivity index (χ3v) is 2.32. The van der Waals surface area contributed by atoms with Gasteiger partial charge in [-0.2, -0.15) is 0 Å². The standard InChI is InChI=1S/C12H16BrN3O3/c1-12(2,3)19-11(18)16-15-7-10(17)9-5-4-8(13)6-14-9/h4-6,15H,7H2,1-3H3,(H,16,18). The second kappa shape index (κ2) is 6.63. The van der Waals surface area contributed by atoms with Gasteiger partial charge in [0.25, 0.3) is 0 Å². The molecule has 0 aliphatic carbocycles. The van der Waals surface area contributed by atoms with E-state index in [-0.39, 0.29) is 12.3 Å². The van der Waals surface area contributed by atoms with Gasteiger partial charge in [-0.3, -0.25) is 15.2 Å². The third kappa shape index (κ3) is 6.30. The molecule has 1 heterocycles. The molecule has 1 amide bonds. The number of nitrogens with zero attached hydrogens (tertiary/aromatic N) is 1. The van der Waals surface area contributed by atoms with Crippen LogP contribution in [-0.2, 0) is 4.74 Å². The van der Waals surface area contributed by atoms with Crippen LogP contribution in [0.25, 0.3) is 0 Å². The molecule has 0 fully saturated rings. The average molecular weight is 330 g/mol. The molecule has 0 aliphatic rings. The number of hydrogen-bond donors (Lipinski definition) is 2. The van der Waals surface area contributed by atoms with Gasteiger partial charge in [0.05, 0.1) is 6.54 Å². The van der Waals surface area contributed by atoms with Crippen molar-refractivity contribution in [2.75, 3.05) is 6.54 Å². The van der Waals surface area contributed by atoms with Crippen molar-refractivity contribution in [1.29, 1.82) is 0 Å². The van der Waals surface area contributed by atoms with Gasteiger partial charge in [0.1, 0.15) is 11.3 Å². The van der Waals surface area contributed by atoms with Gasteiger partial charge in [0.2, 0.25) is 0 Å². The number of carbonyl (C=O) groups is 2. The highest BCUT2D eigenvalue weighted by Crippen LogP contribution is 2.07. The number of ketones is 1. The molecular formula is C12H16BrN3O3.